The van der Waals surface area contributed by atoms with Crippen molar-refractivity contribution in [2.24, 2.45) is 0 Å². The van der Waals surface area contributed by atoms with E-state index in [0.717, 1.165) is 36.3 Å². The molecule has 106 valence electrons. The lowest BCUT2D eigenvalue weighted by Gasteiger charge is -2.29. The smallest absolute Gasteiger partial charge is 0.251 e. The van der Waals surface area contributed by atoms with Crippen molar-refractivity contribution in [2.45, 2.75) is 13.3 Å². The van der Waals surface area contributed by atoms with Crippen molar-refractivity contribution in [1.29, 1.82) is 0 Å². The number of fused-ring (bicyclic) bond motifs is 1. The molecule has 3 rings (SSSR count). The van der Waals surface area contributed by atoms with Crippen LogP contribution in [0.4, 0.5) is 11.6 Å². The molecular formula is C13H17N5O2. The van der Waals surface area contributed by atoms with Gasteiger partial charge in [-0.1, -0.05) is 6.92 Å². The van der Waals surface area contributed by atoms with Crippen LogP contribution in [-0.4, -0.2) is 41.3 Å². The average Bonchev–Trinajstić information content (AvgIpc) is 2.46. The van der Waals surface area contributed by atoms with Crippen LogP contribution in [0, 0.1) is 0 Å². The van der Waals surface area contributed by atoms with Gasteiger partial charge in [-0.15, -0.1) is 0 Å². The number of morpholine rings is 1. The molecule has 0 bridgehead atoms. The average molecular weight is 275 g/mol. The van der Waals surface area contributed by atoms with Gasteiger partial charge in [0, 0.05) is 19.2 Å². The van der Waals surface area contributed by atoms with Crippen molar-refractivity contribution >= 4 is 22.7 Å². The Morgan fingerprint density at radius 1 is 1.40 bits per heavy atom. The first-order valence-corrected chi connectivity index (χ1v) is 6.71. The Morgan fingerprint density at radius 2 is 2.15 bits per heavy atom. The second kappa shape index (κ2) is 5.09. The molecule has 2 aromatic heterocycles. The largest absolute Gasteiger partial charge is 0.378 e. The highest BCUT2D eigenvalue weighted by Gasteiger charge is 2.18. The van der Waals surface area contributed by atoms with Crippen LogP contribution in [0.2, 0.25) is 0 Å². The number of H-pyrrole nitrogens is 1. The zero-order valence-corrected chi connectivity index (χ0v) is 11.3. The highest BCUT2D eigenvalue weighted by Crippen LogP contribution is 2.27. The number of hydrogen-bond donors (Lipinski definition) is 2. The number of aromatic nitrogens is 3. The molecule has 0 amide bonds. The van der Waals surface area contributed by atoms with Gasteiger partial charge in [0.2, 0.25) is 5.95 Å². The fraction of sp³-hybridized carbons (Fsp3) is 0.462. The van der Waals surface area contributed by atoms with Gasteiger partial charge in [-0.25, -0.2) is 4.98 Å². The maximum Gasteiger partial charge on any atom is 0.251 e. The van der Waals surface area contributed by atoms with Crippen LogP contribution in [-0.2, 0) is 11.2 Å². The SMILES string of the molecule is CCc1nc(N)nc2[nH]c(=O)cc(N3CCOCC3)c12. The molecule has 2 aromatic rings. The van der Waals surface area contributed by atoms with Crippen LogP contribution in [0.15, 0.2) is 10.9 Å². The molecule has 7 heteroatoms. The van der Waals surface area contributed by atoms with Gasteiger partial charge in [-0.2, -0.15) is 4.98 Å². The molecule has 0 aliphatic carbocycles. The fourth-order valence-corrected chi connectivity index (χ4v) is 2.54. The summed E-state index contributed by atoms with van der Waals surface area (Å²) in [4.78, 5) is 25.2. The number of nitrogens with two attached hydrogens (primary N) is 1. The first-order chi connectivity index (χ1) is 9.69. The maximum absolute atomic E-state index is 11.8. The molecule has 1 aliphatic heterocycles. The number of nitrogens with zero attached hydrogens (tertiary/aromatic N) is 3. The van der Waals surface area contributed by atoms with Crippen molar-refractivity contribution in [1.82, 2.24) is 15.0 Å². The van der Waals surface area contributed by atoms with E-state index in [-0.39, 0.29) is 11.5 Å². The number of nitrogen functional groups attached to an aromatic ring is 1. The first-order valence-electron chi connectivity index (χ1n) is 6.71. The zero-order chi connectivity index (χ0) is 14.1. The highest BCUT2D eigenvalue weighted by molar-refractivity contribution is 5.91. The highest BCUT2D eigenvalue weighted by atomic mass is 16.5. The monoisotopic (exact) mass is 275 g/mol. The Morgan fingerprint density at radius 3 is 2.85 bits per heavy atom. The lowest BCUT2D eigenvalue weighted by Crippen LogP contribution is -2.37. The van der Waals surface area contributed by atoms with Gasteiger partial charge in [0.1, 0.15) is 5.65 Å². The minimum absolute atomic E-state index is 0.181. The molecule has 0 saturated carbocycles. The van der Waals surface area contributed by atoms with Gasteiger partial charge in [0.25, 0.3) is 5.56 Å². The second-order valence-electron chi connectivity index (χ2n) is 4.72. The molecular weight excluding hydrogens is 258 g/mol. The molecule has 20 heavy (non-hydrogen) atoms. The zero-order valence-electron chi connectivity index (χ0n) is 11.3. The number of hydrogen-bond acceptors (Lipinski definition) is 6. The van der Waals surface area contributed by atoms with E-state index in [0.29, 0.717) is 18.9 Å². The van der Waals surface area contributed by atoms with Gasteiger partial charge in [-0.05, 0) is 6.42 Å². The second-order valence-corrected chi connectivity index (χ2v) is 4.72. The van der Waals surface area contributed by atoms with Gasteiger partial charge in [0.05, 0.1) is 30.0 Å². The summed E-state index contributed by atoms with van der Waals surface area (Å²) in [5.41, 5.74) is 7.74. The molecule has 0 radical (unpaired) electrons. The van der Waals surface area contributed by atoms with Crippen molar-refractivity contribution in [2.75, 3.05) is 36.9 Å². The van der Waals surface area contributed by atoms with Crippen LogP contribution >= 0.6 is 0 Å². The molecule has 3 N–H and O–H groups in total. The number of aryl methyl sites for hydroxylation is 1. The summed E-state index contributed by atoms with van der Waals surface area (Å²) >= 11 is 0. The predicted molar refractivity (Wildman–Crippen MR) is 77.0 cm³/mol. The molecule has 0 atom stereocenters. The number of ether oxygens (including phenoxy) is 1. The molecule has 0 unspecified atom stereocenters. The third-order valence-corrected chi connectivity index (χ3v) is 3.45. The summed E-state index contributed by atoms with van der Waals surface area (Å²) in [7, 11) is 0. The number of pyridine rings is 1. The minimum atomic E-state index is -0.181. The number of rotatable bonds is 2. The van der Waals surface area contributed by atoms with Crippen LogP contribution < -0.4 is 16.2 Å². The Kier molecular flexibility index (Phi) is 3.27. The van der Waals surface area contributed by atoms with Gasteiger partial charge in [0.15, 0.2) is 0 Å². The third kappa shape index (κ3) is 2.20. The summed E-state index contributed by atoms with van der Waals surface area (Å²) in [5.74, 6) is 0.184. The maximum atomic E-state index is 11.8. The Labute approximate surface area is 115 Å². The predicted octanol–water partition coefficient (Wildman–Crippen LogP) is 0.299. The van der Waals surface area contributed by atoms with Crippen molar-refractivity contribution in [3.63, 3.8) is 0 Å². The molecule has 1 fully saturated rings. The van der Waals surface area contributed by atoms with Crippen molar-refractivity contribution in [3.05, 3.63) is 22.1 Å². The fourth-order valence-electron chi connectivity index (χ4n) is 2.54. The number of anilines is 2. The molecule has 1 aliphatic rings. The van der Waals surface area contributed by atoms with Gasteiger partial charge >= 0.3 is 0 Å². The van der Waals surface area contributed by atoms with Crippen LogP contribution in [0.25, 0.3) is 11.0 Å². The van der Waals surface area contributed by atoms with E-state index in [9.17, 15) is 4.79 Å². The lowest BCUT2D eigenvalue weighted by molar-refractivity contribution is 0.123. The van der Waals surface area contributed by atoms with Crippen molar-refractivity contribution < 1.29 is 4.74 Å². The quantitative estimate of drug-likeness (QED) is 0.818. The third-order valence-electron chi connectivity index (χ3n) is 3.45. The van der Waals surface area contributed by atoms with E-state index in [4.69, 9.17) is 10.5 Å². The summed E-state index contributed by atoms with van der Waals surface area (Å²) < 4.78 is 5.36. The van der Waals surface area contributed by atoms with Crippen LogP contribution in [0.1, 0.15) is 12.6 Å². The summed E-state index contributed by atoms with van der Waals surface area (Å²) in [6, 6.07) is 1.60. The molecule has 0 spiro atoms. The van der Waals surface area contributed by atoms with E-state index < -0.39 is 0 Å². The standard InChI is InChI=1S/C13H17N5O2/c1-2-8-11-9(18-3-5-20-6-4-18)7-10(19)16-12(11)17-13(14)15-8/h7H,2-6H2,1H3,(H3,14,15,16,17,19). The van der Waals surface area contributed by atoms with Crippen LogP contribution in [0.3, 0.4) is 0 Å². The molecule has 7 nitrogen and oxygen atoms in total. The molecule has 0 aromatic carbocycles. The summed E-state index contributed by atoms with van der Waals surface area (Å²) in [6.07, 6.45) is 0.729. The van der Waals surface area contributed by atoms with E-state index in [1.54, 1.807) is 6.07 Å². The minimum Gasteiger partial charge on any atom is -0.378 e. The van der Waals surface area contributed by atoms with E-state index in [2.05, 4.69) is 19.9 Å². The van der Waals surface area contributed by atoms with E-state index in [1.807, 2.05) is 6.92 Å². The Balaban J connectivity index is 2.26. The van der Waals surface area contributed by atoms with Gasteiger partial charge in [-0.3, -0.25) is 4.79 Å². The summed E-state index contributed by atoms with van der Waals surface area (Å²) in [5, 5.41) is 0.878. The van der Waals surface area contributed by atoms with E-state index >= 15 is 0 Å². The number of aromatic amines is 1. The van der Waals surface area contributed by atoms with Crippen molar-refractivity contribution in [3.8, 4) is 0 Å². The number of nitrogens with one attached hydrogen (secondary N) is 1. The molecule has 3 heterocycles. The molecule has 1 saturated heterocycles. The van der Waals surface area contributed by atoms with E-state index in [1.165, 1.54) is 0 Å². The first kappa shape index (κ1) is 12.9. The topological polar surface area (TPSA) is 97.1 Å². The normalized spacial score (nSPS) is 15.8. The lowest BCUT2D eigenvalue weighted by atomic mass is 10.1. The Bertz CT molecular complexity index is 691. The van der Waals surface area contributed by atoms with Gasteiger partial charge < -0.3 is 20.4 Å². The van der Waals surface area contributed by atoms with Crippen LogP contribution in [0.5, 0.6) is 0 Å². The Hall–Kier alpha value is -2.15. The summed E-state index contributed by atoms with van der Waals surface area (Å²) in [6.45, 7) is 4.84.